The number of carbonyl (C=O) groups excluding carboxylic acids is 1. The number of likely N-dealkylation sites (tertiary alicyclic amines) is 1. The summed E-state index contributed by atoms with van der Waals surface area (Å²) in [6.45, 7) is 6.61. The van der Waals surface area contributed by atoms with Gasteiger partial charge in [-0.3, -0.25) is 0 Å². The molecule has 0 aliphatic carbocycles. The Morgan fingerprint density at radius 2 is 2.04 bits per heavy atom. The molecule has 142 valence electrons. The van der Waals surface area contributed by atoms with Crippen molar-refractivity contribution in [1.82, 2.24) is 9.47 Å². The number of amides is 1. The summed E-state index contributed by atoms with van der Waals surface area (Å²) < 4.78 is 37.8. The summed E-state index contributed by atoms with van der Waals surface area (Å²) in [6.07, 6.45) is -0.518. The van der Waals surface area contributed by atoms with Crippen LogP contribution in [0.5, 0.6) is 0 Å². The second-order valence-corrected chi connectivity index (χ2v) is 8.65. The van der Waals surface area contributed by atoms with Crippen LogP contribution in [0.4, 0.5) is 13.6 Å². The lowest BCUT2D eigenvalue weighted by molar-refractivity contribution is -0.103. The molecule has 2 heterocycles. The van der Waals surface area contributed by atoms with E-state index in [0.29, 0.717) is 0 Å². The highest BCUT2D eigenvalue weighted by molar-refractivity contribution is 9.10. The van der Waals surface area contributed by atoms with Gasteiger partial charge in [0.1, 0.15) is 11.6 Å². The first-order chi connectivity index (χ1) is 12.0. The number of benzene rings is 1. The summed E-state index contributed by atoms with van der Waals surface area (Å²) in [5.74, 6) is -3.05. The van der Waals surface area contributed by atoms with E-state index in [4.69, 9.17) is 4.74 Å². The van der Waals surface area contributed by atoms with Crippen LogP contribution in [0.3, 0.4) is 0 Å². The molecule has 2 aromatic rings. The number of alkyl halides is 2. The molecule has 0 bridgehead atoms. The Bertz CT molecular complexity index is 842. The van der Waals surface area contributed by atoms with Crippen molar-refractivity contribution in [3.05, 3.63) is 34.4 Å². The maximum Gasteiger partial charge on any atom is 0.410 e. The number of hydrogen-bond donors (Lipinski definition) is 0. The van der Waals surface area contributed by atoms with Crippen LogP contribution in [-0.2, 0) is 4.74 Å². The summed E-state index contributed by atoms with van der Waals surface area (Å²) in [7, 11) is 0. The summed E-state index contributed by atoms with van der Waals surface area (Å²) in [5, 5.41) is 0.912. The lowest BCUT2D eigenvalue weighted by Gasteiger charge is -2.40. The van der Waals surface area contributed by atoms with E-state index >= 15 is 8.78 Å². The van der Waals surface area contributed by atoms with Crippen LogP contribution in [0.25, 0.3) is 10.9 Å². The third kappa shape index (κ3) is 3.59. The lowest BCUT2D eigenvalue weighted by Crippen LogP contribution is -2.52. The van der Waals surface area contributed by atoms with Crippen molar-refractivity contribution >= 4 is 32.9 Å². The zero-order chi connectivity index (χ0) is 19.3. The zero-order valence-corrected chi connectivity index (χ0v) is 16.9. The van der Waals surface area contributed by atoms with Gasteiger partial charge in [0.2, 0.25) is 0 Å². The molecule has 1 aliphatic heterocycles. The molecule has 1 amide bonds. The van der Waals surface area contributed by atoms with E-state index in [1.165, 1.54) is 0 Å². The van der Waals surface area contributed by atoms with E-state index in [-0.39, 0.29) is 13.0 Å². The first-order valence-electron chi connectivity index (χ1n) is 8.61. The van der Waals surface area contributed by atoms with Crippen molar-refractivity contribution in [2.45, 2.75) is 51.7 Å². The highest BCUT2D eigenvalue weighted by Crippen LogP contribution is 2.41. The highest BCUT2D eigenvalue weighted by Gasteiger charge is 2.48. The molecule has 1 unspecified atom stereocenters. The first-order valence-corrected chi connectivity index (χ1v) is 9.41. The smallest absolute Gasteiger partial charge is 0.410 e. The summed E-state index contributed by atoms with van der Waals surface area (Å²) in [4.78, 5) is 13.3. The Morgan fingerprint density at radius 1 is 1.35 bits per heavy atom. The first kappa shape index (κ1) is 19.1. The minimum Gasteiger partial charge on any atom is -0.444 e. The van der Waals surface area contributed by atoms with Crippen LogP contribution >= 0.6 is 15.9 Å². The van der Waals surface area contributed by atoms with E-state index in [0.717, 1.165) is 26.0 Å². The number of hydrogen-bond acceptors (Lipinski definition) is 2. The van der Waals surface area contributed by atoms with Crippen LogP contribution in [0, 0.1) is 6.92 Å². The fourth-order valence-corrected chi connectivity index (χ4v) is 3.96. The van der Waals surface area contributed by atoms with Gasteiger partial charge in [0.05, 0.1) is 6.54 Å². The minimum atomic E-state index is -3.05. The summed E-state index contributed by atoms with van der Waals surface area (Å²) in [6, 6.07) is 6.51. The number of ether oxygens (including phenoxy) is 1. The van der Waals surface area contributed by atoms with E-state index in [2.05, 4.69) is 15.9 Å². The van der Waals surface area contributed by atoms with Gasteiger partial charge in [-0.1, -0.05) is 22.0 Å². The Morgan fingerprint density at radius 3 is 2.65 bits per heavy atom. The third-order valence-corrected chi connectivity index (χ3v) is 5.24. The lowest BCUT2D eigenvalue weighted by atomic mass is 10.00. The molecule has 1 atom stereocenters. The topological polar surface area (TPSA) is 34.5 Å². The fraction of sp³-hybridized carbons (Fsp3) is 0.526. The van der Waals surface area contributed by atoms with Crippen LogP contribution in [0.15, 0.2) is 28.7 Å². The average molecular weight is 429 g/mol. The highest BCUT2D eigenvalue weighted by atomic mass is 79.9. The van der Waals surface area contributed by atoms with Gasteiger partial charge < -0.3 is 14.2 Å². The van der Waals surface area contributed by atoms with Crippen molar-refractivity contribution in [2.24, 2.45) is 0 Å². The maximum absolute atomic E-state index is 15.0. The SMILES string of the molecule is Cc1cc2c(Br)cccc2n1C1CCN(C(=O)OC(C)(C)C)CC1(F)F. The molecule has 4 nitrogen and oxygen atoms in total. The van der Waals surface area contributed by atoms with Gasteiger partial charge >= 0.3 is 6.09 Å². The largest absolute Gasteiger partial charge is 0.444 e. The van der Waals surface area contributed by atoms with Gasteiger partial charge in [-0.25, -0.2) is 13.6 Å². The number of fused-ring (bicyclic) bond motifs is 1. The van der Waals surface area contributed by atoms with Gasteiger partial charge in [-0.2, -0.15) is 0 Å². The van der Waals surface area contributed by atoms with Crippen molar-refractivity contribution in [1.29, 1.82) is 0 Å². The van der Waals surface area contributed by atoms with Gasteiger partial charge in [0, 0.05) is 27.6 Å². The second-order valence-electron chi connectivity index (χ2n) is 7.80. The summed E-state index contributed by atoms with van der Waals surface area (Å²) in [5.41, 5.74) is 0.845. The van der Waals surface area contributed by atoms with Crippen LogP contribution in [0.1, 0.15) is 38.9 Å². The van der Waals surface area contributed by atoms with Crippen LogP contribution < -0.4 is 0 Å². The van der Waals surface area contributed by atoms with Crippen LogP contribution in [0.2, 0.25) is 0 Å². The van der Waals surface area contributed by atoms with Gasteiger partial charge in [-0.05, 0) is 52.3 Å². The molecule has 1 aromatic heterocycles. The standard InChI is InChI=1S/C19H23BrF2N2O2/c1-12-10-13-14(20)6-5-7-15(13)24(12)16-8-9-23(11-19(16,21)22)17(25)26-18(2,3)4/h5-7,10,16H,8-9,11H2,1-4H3. The normalized spacial score (nSPS) is 20.4. The van der Waals surface area contributed by atoms with E-state index in [9.17, 15) is 4.79 Å². The predicted octanol–water partition coefficient (Wildman–Crippen LogP) is 5.53. The molecule has 3 rings (SSSR count). The van der Waals surface area contributed by atoms with Crippen molar-refractivity contribution in [3.8, 4) is 0 Å². The average Bonchev–Trinajstić information content (AvgIpc) is 2.82. The van der Waals surface area contributed by atoms with Gasteiger partial charge in [-0.15, -0.1) is 0 Å². The van der Waals surface area contributed by atoms with Crippen molar-refractivity contribution in [3.63, 3.8) is 0 Å². The number of aromatic nitrogens is 1. The molecular formula is C19H23BrF2N2O2. The molecule has 0 saturated carbocycles. The van der Waals surface area contributed by atoms with E-state index in [1.807, 2.05) is 31.2 Å². The Labute approximate surface area is 160 Å². The molecule has 26 heavy (non-hydrogen) atoms. The number of halogens is 3. The van der Waals surface area contributed by atoms with Gasteiger partial charge in [0.25, 0.3) is 5.92 Å². The molecule has 0 N–H and O–H groups in total. The number of piperidine rings is 1. The van der Waals surface area contributed by atoms with Crippen molar-refractivity contribution < 1.29 is 18.3 Å². The zero-order valence-electron chi connectivity index (χ0n) is 15.4. The molecule has 1 aromatic carbocycles. The summed E-state index contributed by atoms with van der Waals surface area (Å²) >= 11 is 3.48. The fourth-order valence-electron chi connectivity index (χ4n) is 3.49. The Hall–Kier alpha value is -1.63. The quantitative estimate of drug-likeness (QED) is 0.598. The Balaban J connectivity index is 1.89. The number of carbonyl (C=O) groups is 1. The Kier molecular flexibility index (Phi) is 4.80. The minimum absolute atomic E-state index is 0.170. The molecule has 1 aliphatic rings. The molecule has 1 saturated heterocycles. The maximum atomic E-state index is 15.0. The number of nitrogens with zero attached hydrogens (tertiary/aromatic N) is 2. The van der Waals surface area contributed by atoms with Gasteiger partial charge in [0.15, 0.2) is 0 Å². The molecule has 1 fully saturated rings. The van der Waals surface area contributed by atoms with Crippen LogP contribution in [-0.4, -0.2) is 40.2 Å². The monoisotopic (exact) mass is 428 g/mol. The molecular weight excluding hydrogens is 406 g/mol. The molecule has 0 spiro atoms. The van der Waals surface area contributed by atoms with E-state index in [1.54, 1.807) is 25.3 Å². The van der Waals surface area contributed by atoms with Crippen molar-refractivity contribution in [2.75, 3.05) is 13.1 Å². The predicted molar refractivity (Wildman–Crippen MR) is 101 cm³/mol. The molecule has 7 heteroatoms. The second kappa shape index (κ2) is 6.51. The van der Waals surface area contributed by atoms with E-state index < -0.39 is 30.2 Å². The molecule has 0 radical (unpaired) electrons. The third-order valence-electron chi connectivity index (χ3n) is 4.55. The number of aryl methyl sites for hydroxylation is 1. The number of rotatable bonds is 1.